The molecule has 1 aromatic heterocycles. The number of pyridine rings is 1. The van der Waals surface area contributed by atoms with Crippen LogP contribution in [0.5, 0.6) is 5.75 Å². The van der Waals surface area contributed by atoms with Crippen LogP contribution < -0.4 is 15.8 Å². The van der Waals surface area contributed by atoms with Crippen molar-refractivity contribution in [3.63, 3.8) is 0 Å². The number of aromatic nitrogens is 1. The van der Waals surface area contributed by atoms with Gasteiger partial charge in [0.25, 0.3) is 0 Å². The summed E-state index contributed by atoms with van der Waals surface area (Å²) in [5, 5.41) is 3.46. The average Bonchev–Trinajstić information content (AvgIpc) is 2.47. The number of halogens is 2. The second-order valence-electron chi connectivity index (χ2n) is 4.02. The molecular formula is C14H16ClIN4O. The number of anilines is 1. The van der Waals surface area contributed by atoms with E-state index in [9.17, 15) is 0 Å². The minimum atomic E-state index is 0. The molecule has 2 aromatic rings. The lowest BCUT2D eigenvalue weighted by Gasteiger charge is -2.10. The third kappa shape index (κ3) is 5.39. The summed E-state index contributed by atoms with van der Waals surface area (Å²) in [4.78, 5) is 8.22. The summed E-state index contributed by atoms with van der Waals surface area (Å²) in [5.74, 6) is 1.02. The molecule has 0 unspecified atom stereocenters. The fraction of sp³-hybridized carbons (Fsp3) is 0.143. The summed E-state index contributed by atoms with van der Waals surface area (Å²) in [6, 6.07) is 11.1. The Morgan fingerprint density at radius 2 is 2.10 bits per heavy atom. The summed E-state index contributed by atoms with van der Waals surface area (Å²) in [6.07, 6.45) is 1.67. The van der Waals surface area contributed by atoms with Gasteiger partial charge in [0.05, 0.1) is 19.3 Å². The molecule has 0 spiro atoms. The highest BCUT2D eigenvalue weighted by atomic mass is 127. The van der Waals surface area contributed by atoms with Crippen molar-refractivity contribution in [1.82, 2.24) is 4.98 Å². The lowest BCUT2D eigenvalue weighted by Crippen LogP contribution is -2.22. The van der Waals surface area contributed by atoms with Crippen molar-refractivity contribution in [2.24, 2.45) is 10.7 Å². The first-order chi connectivity index (χ1) is 9.69. The molecule has 1 aromatic carbocycles. The van der Waals surface area contributed by atoms with Gasteiger partial charge in [-0.15, -0.1) is 24.0 Å². The summed E-state index contributed by atoms with van der Waals surface area (Å²) in [6.45, 7) is 0.429. The van der Waals surface area contributed by atoms with E-state index in [4.69, 9.17) is 22.1 Å². The smallest absolute Gasteiger partial charge is 0.193 e. The van der Waals surface area contributed by atoms with Crippen molar-refractivity contribution >= 4 is 47.2 Å². The van der Waals surface area contributed by atoms with Crippen LogP contribution in [0.2, 0.25) is 5.15 Å². The molecular weight excluding hydrogens is 403 g/mol. The van der Waals surface area contributed by atoms with Crippen LogP contribution >= 0.6 is 35.6 Å². The van der Waals surface area contributed by atoms with Gasteiger partial charge >= 0.3 is 0 Å². The number of hydrogen-bond acceptors (Lipinski definition) is 3. The van der Waals surface area contributed by atoms with Crippen molar-refractivity contribution in [3.05, 3.63) is 53.3 Å². The van der Waals surface area contributed by atoms with E-state index in [1.807, 2.05) is 30.3 Å². The number of benzene rings is 1. The van der Waals surface area contributed by atoms with E-state index < -0.39 is 0 Å². The Morgan fingerprint density at radius 1 is 1.33 bits per heavy atom. The first-order valence-electron chi connectivity index (χ1n) is 5.99. The van der Waals surface area contributed by atoms with Crippen molar-refractivity contribution in [2.75, 3.05) is 12.4 Å². The molecule has 1 heterocycles. The van der Waals surface area contributed by atoms with Crippen LogP contribution in [0.25, 0.3) is 0 Å². The number of nitrogens with zero attached hydrogens (tertiary/aromatic N) is 2. The number of aliphatic imine (C=N–C) groups is 1. The summed E-state index contributed by atoms with van der Waals surface area (Å²) >= 11 is 5.72. The normalized spacial score (nSPS) is 10.7. The van der Waals surface area contributed by atoms with Crippen LogP contribution in [0.3, 0.4) is 0 Å². The Morgan fingerprint density at radius 3 is 2.76 bits per heavy atom. The molecule has 2 rings (SSSR count). The number of methoxy groups -OCH3 is 1. The molecule has 0 saturated heterocycles. The number of nitrogens with one attached hydrogen (secondary N) is 1. The van der Waals surface area contributed by atoms with Crippen LogP contribution in [0.15, 0.2) is 47.6 Å². The van der Waals surface area contributed by atoms with Gasteiger partial charge in [0, 0.05) is 6.20 Å². The predicted molar refractivity (Wildman–Crippen MR) is 96.6 cm³/mol. The zero-order valence-electron chi connectivity index (χ0n) is 11.4. The maximum atomic E-state index is 5.84. The van der Waals surface area contributed by atoms with E-state index in [0.717, 1.165) is 11.3 Å². The zero-order valence-corrected chi connectivity index (χ0v) is 14.5. The van der Waals surface area contributed by atoms with Crippen molar-refractivity contribution < 1.29 is 4.74 Å². The Balaban J connectivity index is 0.00000220. The maximum absolute atomic E-state index is 5.84. The fourth-order valence-corrected chi connectivity index (χ4v) is 1.71. The third-order valence-electron chi connectivity index (χ3n) is 2.59. The van der Waals surface area contributed by atoms with Crippen molar-refractivity contribution in [1.29, 1.82) is 0 Å². The number of nitrogens with two attached hydrogens (primary N) is 1. The Bertz CT molecular complexity index is 604. The molecule has 0 aliphatic heterocycles. The Hall–Kier alpha value is -1.54. The molecule has 21 heavy (non-hydrogen) atoms. The minimum Gasteiger partial charge on any atom is -0.495 e. The van der Waals surface area contributed by atoms with E-state index in [1.54, 1.807) is 19.4 Å². The van der Waals surface area contributed by atoms with Crippen molar-refractivity contribution in [2.45, 2.75) is 6.54 Å². The topological polar surface area (TPSA) is 72.5 Å². The van der Waals surface area contributed by atoms with E-state index in [1.165, 1.54) is 0 Å². The summed E-state index contributed by atoms with van der Waals surface area (Å²) in [7, 11) is 1.60. The number of guanidine groups is 1. The highest BCUT2D eigenvalue weighted by Crippen LogP contribution is 2.22. The van der Waals surface area contributed by atoms with Gasteiger partial charge in [0.2, 0.25) is 0 Å². The van der Waals surface area contributed by atoms with Gasteiger partial charge in [-0.25, -0.2) is 9.98 Å². The third-order valence-corrected chi connectivity index (χ3v) is 2.81. The van der Waals surface area contributed by atoms with Crippen LogP contribution in [0, 0.1) is 0 Å². The fourth-order valence-electron chi connectivity index (χ4n) is 1.60. The Kier molecular flexibility index (Phi) is 7.24. The van der Waals surface area contributed by atoms with Crippen molar-refractivity contribution in [3.8, 4) is 5.75 Å². The van der Waals surface area contributed by atoms with Gasteiger partial charge in [-0.05, 0) is 23.8 Å². The molecule has 0 aliphatic carbocycles. The summed E-state index contributed by atoms with van der Waals surface area (Å²) in [5.41, 5.74) is 7.54. The highest BCUT2D eigenvalue weighted by Gasteiger charge is 2.02. The standard InChI is InChI=1S/C14H15ClN4O.HI/c1-20-12-5-3-2-4-11(12)19-14(16)18-9-10-6-7-13(15)17-8-10;/h2-8H,9H2,1H3,(H3,16,18,19);1H. The van der Waals surface area contributed by atoms with E-state index in [0.29, 0.717) is 23.4 Å². The molecule has 0 fully saturated rings. The van der Waals surface area contributed by atoms with E-state index >= 15 is 0 Å². The lowest BCUT2D eigenvalue weighted by atomic mass is 10.3. The van der Waals surface area contributed by atoms with E-state index in [2.05, 4.69) is 15.3 Å². The highest BCUT2D eigenvalue weighted by molar-refractivity contribution is 14.0. The van der Waals surface area contributed by atoms with Gasteiger partial charge < -0.3 is 15.8 Å². The quantitative estimate of drug-likeness (QED) is 0.346. The first kappa shape index (κ1) is 17.5. The molecule has 5 nitrogen and oxygen atoms in total. The second-order valence-corrected chi connectivity index (χ2v) is 4.40. The maximum Gasteiger partial charge on any atom is 0.193 e. The van der Waals surface area contributed by atoms with Crippen LogP contribution in [0.1, 0.15) is 5.56 Å². The number of hydrogen-bond donors (Lipinski definition) is 2. The average molecular weight is 419 g/mol. The van der Waals surface area contributed by atoms with Gasteiger partial charge in [0.1, 0.15) is 10.9 Å². The number of ether oxygens (including phenoxy) is 1. The minimum absolute atomic E-state index is 0. The predicted octanol–water partition coefficient (Wildman–Crippen LogP) is 3.29. The van der Waals surface area contributed by atoms with Gasteiger partial charge in [0.15, 0.2) is 5.96 Å². The van der Waals surface area contributed by atoms with Gasteiger partial charge in [-0.2, -0.15) is 0 Å². The molecule has 112 valence electrons. The zero-order chi connectivity index (χ0) is 14.4. The van der Waals surface area contributed by atoms with E-state index in [-0.39, 0.29) is 24.0 Å². The molecule has 0 saturated carbocycles. The molecule has 0 atom stereocenters. The van der Waals surface area contributed by atoms with Gasteiger partial charge in [-0.3, -0.25) is 0 Å². The molecule has 0 bridgehead atoms. The molecule has 7 heteroatoms. The number of para-hydroxylation sites is 2. The Labute approximate surface area is 145 Å². The summed E-state index contributed by atoms with van der Waals surface area (Å²) < 4.78 is 5.22. The van der Waals surface area contributed by atoms with Crippen LogP contribution in [-0.2, 0) is 6.54 Å². The SMILES string of the molecule is COc1ccccc1NC(N)=NCc1ccc(Cl)nc1.I. The first-order valence-corrected chi connectivity index (χ1v) is 6.37. The van der Waals surface area contributed by atoms with Crippen LogP contribution in [0.4, 0.5) is 5.69 Å². The number of rotatable bonds is 4. The van der Waals surface area contributed by atoms with Gasteiger partial charge in [-0.1, -0.05) is 29.8 Å². The molecule has 3 N–H and O–H groups in total. The largest absolute Gasteiger partial charge is 0.495 e. The van der Waals surface area contributed by atoms with Crippen LogP contribution in [-0.4, -0.2) is 18.1 Å². The second kappa shape index (κ2) is 8.68. The molecule has 0 radical (unpaired) electrons. The monoisotopic (exact) mass is 418 g/mol. The molecule has 0 aliphatic rings. The molecule has 0 amide bonds. The lowest BCUT2D eigenvalue weighted by molar-refractivity contribution is 0.417.